The Morgan fingerprint density at radius 2 is 0.875 bits per heavy atom. The van der Waals surface area contributed by atoms with Crippen molar-refractivity contribution in [3.63, 3.8) is 0 Å². The summed E-state index contributed by atoms with van der Waals surface area (Å²) in [6.07, 6.45) is 0. The molecule has 82 valence electrons. The lowest BCUT2D eigenvalue weighted by Crippen LogP contribution is -2.04. The molecule has 0 heterocycles. The third kappa shape index (κ3) is 2.33. The Balaban J connectivity index is 2.20. The fraction of sp³-hybridized carbons (Fsp3) is 0.250. The molecular weight excluding hydrogens is 192 g/mol. The van der Waals surface area contributed by atoms with Crippen molar-refractivity contribution in [1.29, 1.82) is 0 Å². The van der Waals surface area contributed by atoms with E-state index in [0.29, 0.717) is 11.8 Å². The molecule has 0 nitrogen and oxygen atoms in total. The van der Waals surface area contributed by atoms with Crippen LogP contribution in [0.5, 0.6) is 0 Å². The first-order valence-electron chi connectivity index (χ1n) is 5.89. The lowest BCUT2D eigenvalue weighted by Gasteiger charge is -2.20. The lowest BCUT2D eigenvalue weighted by atomic mass is 9.84. The van der Waals surface area contributed by atoms with E-state index >= 15 is 0 Å². The van der Waals surface area contributed by atoms with Gasteiger partial charge < -0.3 is 0 Å². The van der Waals surface area contributed by atoms with Crippen molar-refractivity contribution in [2.24, 2.45) is 0 Å². The highest BCUT2D eigenvalue weighted by atomic mass is 14.2. The predicted molar refractivity (Wildman–Crippen MR) is 69.7 cm³/mol. The van der Waals surface area contributed by atoms with Crippen LogP contribution < -0.4 is 0 Å². The lowest BCUT2D eigenvalue weighted by molar-refractivity contribution is 0.624. The maximum absolute atomic E-state index is 2.30. The molecule has 2 aromatic carbocycles. The molecule has 0 heteroatoms. The molecule has 0 aliphatic carbocycles. The smallest absolute Gasteiger partial charge is 0.0124 e. The third-order valence-electron chi connectivity index (χ3n) is 3.40. The molecule has 0 fully saturated rings. The molecule has 0 spiro atoms. The van der Waals surface area contributed by atoms with Crippen LogP contribution in [-0.4, -0.2) is 0 Å². The molecule has 0 amide bonds. The molecule has 0 radical (unpaired) electrons. The zero-order valence-electron chi connectivity index (χ0n) is 9.93. The van der Waals surface area contributed by atoms with E-state index in [1.165, 1.54) is 11.1 Å². The summed E-state index contributed by atoms with van der Waals surface area (Å²) < 4.78 is 0. The zero-order chi connectivity index (χ0) is 11.4. The molecule has 1 unspecified atom stereocenters. The molecule has 0 saturated heterocycles. The Hall–Kier alpha value is -1.56. The minimum atomic E-state index is 0.559. The van der Waals surface area contributed by atoms with Crippen molar-refractivity contribution >= 4 is 0 Å². The fourth-order valence-electron chi connectivity index (χ4n) is 2.09. The SMILES string of the molecule is CC(c1ccccc1)[C@H](C)c1ccccc1. The monoisotopic (exact) mass is 210 g/mol. The summed E-state index contributed by atoms with van der Waals surface area (Å²) in [4.78, 5) is 0. The number of benzene rings is 2. The van der Waals surface area contributed by atoms with E-state index in [1.807, 2.05) is 0 Å². The van der Waals surface area contributed by atoms with Gasteiger partial charge in [0.15, 0.2) is 0 Å². The van der Waals surface area contributed by atoms with Crippen molar-refractivity contribution < 1.29 is 0 Å². The Kier molecular flexibility index (Phi) is 3.40. The largest absolute Gasteiger partial charge is 0.0622 e. The van der Waals surface area contributed by atoms with E-state index in [-0.39, 0.29) is 0 Å². The second-order valence-corrected chi connectivity index (χ2v) is 4.40. The van der Waals surface area contributed by atoms with E-state index in [2.05, 4.69) is 74.5 Å². The molecule has 0 bridgehead atoms. The summed E-state index contributed by atoms with van der Waals surface area (Å²) in [5.41, 5.74) is 2.83. The summed E-state index contributed by atoms with van der Waals surface area (Å²) >= 11 is 0. The van der Waals surface area contributed by atoms with Crippen molar-refractivity contribution in [1.82, 2.24) is 0 Å². The summed E-state index contributed by atoms with van der Waals surface area (Å²) in [6, 6.07) is 21.5. The summed E-state index contributed by atoms with van der Waals surface area (Å²) in [6.45, 7) is 4.60. The predicted octanol–water partition coefficient (Wildman–Crippen LogP) is 4.59. The average Bonchev–Trinajstić information content (AvgIpc) is 2.39. The Morgan fingerprint density at radius 1 is 0.562 bits per heavy atom. The average molecular weight is 210 g/mol. The number of rotatable bonds is 3. The van der Waals surface area contributed by atoms with Crippen molar-refractivity contribution in [2.75, 3.05) is 0 Å². The van der Waals surface area contributed by atoms with Gasteiger partial charge in [-0.2, -0.15) is 0 Å². The van der Waals surface area contributed by atoms with Gasteiger partial charge in [0.2, 0.25) is 0 Å². The molecule has 2 aromatic rings. The Morgan fingerprint density at radius 3 is 1.19 bits per heavy atom. The van der Waals surface area contributed by atoms with Crippen LogP contribution in [0.25, 0.3) is 0 Å². The summed E-state index contributed by atoms with van der Waals surface area (Å²) in [5.74, 6) is 1.12. The van der Waals surface area contributed by atoms with Crippen LogP contribution in [0.15, 0.2) is 60.7 Å². The first-order valence-corrected chi connectivity index (χ1v) is 5.89. The topological polar surface area (TPSA) is 0 Å². The first kappa shape index (κ1) is 10.9. The van der Waals surface area contributed by atoms with Gasteiger partial charge in [0.25, 0.3) is 0 Å². The highest BCUT2D eigenvalue weighted by molar-refractivity contribution is 5.27. The van der Waals surface area contributed by atoms with Crippen molar-refractivity contribution in [3.8, 4) is 0 Å². The van der Waals surface area contributed by atoms with Crippen LogP contribution in [0, 0.1) is 0 Å². The Labute approximate surface area is 97.9 Å². The second-order valence-electron chi connectivity index (χ2n) is 4.40. The summed E-state index contributed by atoms with van der Waals surface area (Å²) in [7, 11) is 0. The van der Waals surface area contributed by atoms with Crippen LogP contribution in [0.3, 0.4) is 0 Å². The number of hydrogen-bond acceptors (Lipinski definition) is 0. The van der Waals surface area contributed by atoms with Gasteiger partial charge in [0.05, 0.1) is 0 Å². The van der Waals surface area contributed by atoms with E-state index < -0.39 is 0 Å². The van der Waals surface area contributed by atoms with Crippen LogP contribution >= 0.6 is 0 Å². The highest BCUT2D eigenvalue weighted by Crippen LogP contribution is 2.31. The van der Waals surface area contributed by atoms with E-state index in [4.69, 9.17) is 0 Å². The molecule has 0 N–H and O–H groups in total. The second kappa shape index (κ2) is 4.98. The van der Waals surface area contributed by atoms with Crippen molar-refractivity contribution in [2.45, 2.75) is 25.7 Å². The first-order chi connectivity index (χ1) is 7.79. The molecule has 0 aromatic heterocycles. The third-order valence-corrected chi connectivity index (χ3v) is 3.40. The molecular formula is C16H18. The molecule has 0 aliphatic heterocycles. The molecule has 2 rings (SSSR count). The Bertz CT molecular complexity index is 373. The molecule has 2 atom stereocenters. The van der Waals surface area contributed by atoms with Gasteiger partial charge in [-0.15, -0.1) is 0 Å². The van der Waals surface area contributed by atoms with Crippen LogP contribution in [0.1, 0.15) is 36.8 Å². The van der Waals surface area contributed by atoms with Crippen LogP contribution in [0.4, 0.5) is 0 Å². The van der Waals surface area contributed by atoms with Gasteiger partial charge in [-0.05, 0) is 23.0 Å². The van der Waals surface area contributed by atoms with Gasteiger partial charge in [0.1, 0.15) is 0 Å². The van der Waals surface area contributed by atoms with Gasteiger partial charge in [-0.3, -0.25) is 0 Å². The van der Waals surface area contributed by atoms with E-state index in [1.54, 1.807) is 0 Å². The molecule has 0 saturated carbocycles. The normalized spacial score (nSPS) is 14.4. The molecule has 0 aliphatic rings. The van der Waals surface area contributed by atoms with Gasteiger partial charge in [0, 0.05) is 0 Å². The zero-order valence-corrected chi connectivity index (χ0v) is 9.93. The highest BCUT2D eigenvalue weighted by Gasteiger charge is 2.15. The van der Waals surface area contributed by atoms with Gasteiger partial charge in [-0.1, -0.05) is 74.5 Å². The standard InChI is InChI=1S/C16H18/c1-13(15-9-5-3-6-10-15)14(2)16-11-7-4-8-12-16/h3-14H,1-2H3/t13-,14?/m0/s1. The maximum atomic E-state index is 2.30. The minimum Gasteiger partial charge on any atom is -0.0622 e. The van der Waals surface area contributed by atoms with Crippen LogP contribution in [-0.2, 0) is 0 Å². The summed E-state index contributed by atoms with van der Waals surface area (Å²) in [5, 5.41) is 0. The van der Waals surface area contributed by atoms with Crippen LogP contribution in [0.2, 0.25) is 0 Å². The minimum absolute atomic E-state index is 0.559. The van der Waals surface area contributed by atoms with E-state index in [0.717, 1.165) is 0 Å². The van der Waals surface area contributed by atoms with E-state index in [9.17, 15) is 0 Å². The van der Waals surface area contributed by atoms with Gasteiger partial charge >= 0.3 is 0 Å². The molecule has 16 heavy (non-hydrogen) atoms. The maximum Gasteiger partial charge on any atom is -0.0124 e. The quantitative estimate of drug-likeness (QED) is 0.695. The fourth-order valence-corrected chi connectivity index (χ4v) is 2.09. The number of hydrogen-bond donors (Lipinski definition) is 0. The van der Waals surface area contributed by atoms with Crippen molar-refractivity contribution in [3.05, 3.63) is 71.8 Å². The van der Waals surface area contributed by atoms with Gasteiger partial charge in [-0.25, -0.2) is 0 Å².